The minimum absolute atomic E-state index is 0.0523. The normalized spacial score (nSPS) is 24.3. The Labute approximate surface area is 226 Å². The van der Waals surface area contributed by atoms with Gasteiger partial charge in [0.1, 0.15) is 24.5 Å². The predicted octanol–water partition coefficient (Wildman–Crippen LogP) is 2.43. The third kappa shape index (κ3) is 6.25. The van der Waals surface area contributed by atoms with Gasteiger partial charge < -0.3 is 33.4 Å². The van der Waals surface area contributed by atoms with Crippen LogP contribution in [0, 0.1) is 0 Å². The quantitative estimate of drug-likeness (QED) is 0.328. The molecule has 0 saturated carbocycles. The second-order valence-corrected chi connectivity index (χ2v) is 19.6. The van der Waals surface area contributed by atoms with Gasteiger partial charge in [-0.15, -0.1) is 0 Å². The van der Waals surface area contributed by atoms with Crippen LogP contribution in [-0.2, 0) is 25.4 Å². The van der Waals surface area contributed by atoms with Crippen molar-refractivity contribution >= 4 is 52.6 Å². The summed E-state index contributed by atoms with van der Waals surface area (Å²) in [5, 5.41) is 19.6. The Morgan fingerprint density at radius 2 is 1.81 bits per heavy atom. The average molecular weight is 571 g/mol. The number of rotatable bonds is 10. The molecule has 2 aliphatic rings. The summed E-state index contributed by atoms with van der Waals surface area (Å²) >= 11 is 6.21. The molecule has 37 heavy (non-hydrogen) atoms. The third-order valence-electron chi connectivity index (χ3n) is 7.35. The lowest BCUT2D eigenvalue weighted by Gasteiger charge is -2.39. The van der Waals surface area contributed by atoms with Crippen LogP contribution >= 0.6 is 11.6 Å². The van der Waals surface area contributed by atoms with Gasteiger partial charge in [-0.1, -0.05) is 45.5 Å². The number of imidazole rings is 1. The molecule has 4 heterocycles. The van der Waals surface area contributed by atoms with E-state index in [0.29, 0.717) is 31.0 Å². The Balaban J connectivity index is 1.55. The van der Waals surface area contributed by atoms with Crippen molar-refractivity contribution in [3.8, 4) is 6.01 Å². The highest BCUT2D eigenvalue weighted by Crippen LogP contribution is 2.40. The van der Waals surface area contributed by atoms with Crippen molar-refractivity contribution in [1.82, 2.24) is 14.5 Å². The molecule has 2 aliphatic heterocycles. The summed E-state index contributed by atoms with van der Waals surface area (Å²) in [6.07, 6.45) is -1.05. The molecule has 0 aliphatic carbocycles. The Kier molecular flexibility index (Phi) is 8.78. The first-order valence-corrected chi connectivity index (χ1v) is 18.6. The van der Waals surface area contributed by atoms with Crippen LogP contribution in [0.2, 0.25) is 42.3 Å². The Morgan fingerprint density at radius 1 is 1.16 bits per heavy atom. The Bertz CT molecular complexity index is 1100. The molecule has 2 aromatic heterocycles. The van der Waals surface area contributed by atoms with Crippen molar-refractivity contribution < 1.29 is 33.4 Å². The van der Waals surface area contributed by atoms with Crippen LogP contribution in [0.25, 0.3) is 11.2 Å². The fourth-order valence-corrected chi connectivity index (χ4v) is 6.27. The maximum atomic E-state index is 9.70. The predicted molar refractivity (Wildman–Crippen MR) is 147 cm³/mol. The number of halogens is 1. The number of hydrogen-bond acceptors (Lipinski definition) is 9. The van der Waals surface area contributed by atoms with Gasteiger partial charge in [0.05, 0.1) is 29.9 Å². The van der Waals surface area contributed by atoms with Gasteiger partial charge in [-0.2, -0.15) is 4.98 Å². The minimum atomic E-state index is -2.00. The molecular formula is C23H38BClN3O7Si2. The van der Waals surface area contributed by atoms with E-state index in [4.69, 9.17) is 35.0 Å². The van der Waals surface area contributed by atoms with Gasteiger partial charge in [-0.25, -0.2) is 4.98 Å². The zero-order valence-electron chi connectivity index (χ0n) is 22.7. The van der Waals surface area contributed by atoms with E-state index in [2.05, 4.69) is 56.9 Å². The van der Waals surface area contributed by atoms with E-state index in [1.807, 2.05) is 0 Å². The Hall–Kier alpha value is -1.03. The lowest BCUT2D eigenvalue weighted by molar-refractivity contribution is 0.00688. The molecule has 0 bridgehead atoms. The molecule has 14 heteroatoms. The van der Waals surface area contributed by atoms with Crippen LogP contribution < -0.4 is 10.3 Å². The maximum Gasteiger partial charge on any atom is 0.509 e. The van der Waals surface area contributed by atoms with Crippen LogP contribution in [-0.4, -0.2) is 93.1 Å². The van der Waals surface area contributed by atoms with Gasteiger partial charge in [-0.3, -0.25) is 4.57 Å². The summed E-state index contributed by atoms with van der Waals surface area (Å²) in [4.78, 5) is 8.96. The molecular weight excluding hydrogens is 533 g/mol. The number of aromatic nitrogens is 3. The fourth-order valence-electron chi connectivity index (χ4n) is 4.16. The summed E-state index contributed by atoms with van der Waals surface area (Å²) in [5.74, 6) is 0. The molecule has 0 amide bonds. The average Bonchev–Trinajstić information content (AvgIpc) is 3.45. The summed E-state index contributed by atoms with van der Waals surface area (Å²) in [6, 6.07) is 2.83. The number of hydrogen-bond donors (Lipinski definition) is 2. The van der Waals surface area contributed by atoms with E-state index in [1.165, 1.54) is 0 Å². The van der Waals surface area contributed by atoms with Gasteiger partial charge in [0, 0.05) is 15.4 Å². The zero-order chi connectivity index (χ0) is 27.1. The molecule has 0 aromatic carbocycles. The molecule has 2 fully saturated rings. The van der Waals surface area contributed by atoms with Gasteiger partial charge in [0.15, 0.2) is 20.1 Å². The van der Waals surface area contributed by atoms with Gasteiger partial charge >= 0.3 is 13.1 Å². The summed E-state index contributed by atoms with van der Waals surface area (Å²) in [7, 11) is -4.24. The molecule has 2 aromatic rings. The number of pyridine rings is 1. The highest BCUT2D eigenvalue weighted by Gasteiger charge is 2.52. The SMILES string of the molecule is C[Si](C)CCOCn1c(O[C@@H]2CO[C@H]3[C@@H]2OC[C@H]3O[Si](C)(C)C(C)(C)C)nc2cc(Cl)c(B(O)O)nc21. The number of ether oxygens (including phenoxy) is 4. The van der Waals surface area contributed by atoms with E-state index in [9.17, 15) is 10.0 Å². The second-order valence-electron chi connectivity index (χ2n) is 11.6. The molecule has 2 N–H and O–H groups in total. The van der Waals surface area contributed by atoms with Gasteiger partial charge in [0.25, 0.3) is 0 Å². The first-order chi connectivity index (χ1) is 17.3. The standard InChI is InChI=1S/C23H38BClN3O7Si2/c1-23(2,3)37(6,7)35-17-12-33-18-16(11-32-19(17)18)34-22-26-15-10-14(25)20(24(29)30)27-21(15)28(22)13-31-8-9-36(4)5/h10,16-19,29-30H,8-9,11-13H2,1-7H3/t16-,17-,18-,19-/m1/s1. The molecule has 0 unspecified atom stereocenters. The molecule has 4 rings (SSSR count). The lowest BCUT2D eigenvalue weighted by Crippen LogP contribution is -2.47. The maximum absolute atomic E-state index is 9.70. The molecule has 10 nitrogen and oxygen atoms in total. The van der Waals surface area contributed by atoms with Crippen LogP contribution in [0.3, 0.4) is 0 Å². The van der Waals surface area contributed by atoms with Gasteiger partial charge in [-0.05, 0) is 30.2 Å². The molecule has 4 atom stereocenters. The van der Waals surface area contributed by atoms with Crippen LogP contribution in [0.15, 0.2) is 6.07 Å². The summed E-state index contributed by atoms with van der Waals surface area (Å²) in [6.45, 7) is 17.1. The molecule has 2 saturated heterocycles. The van der Waals surface area contributed by atoms with Crippen molar-refractivity contribution in [1.29, 1.82) is 0 Å². The topological polar surface area (TPSA) is 117 Å². The van der Waals surface area contributed by atoms with Crippen molar-refractivity contribution in [2.75, 3.05) is 19.8 Å². The van der Waals surface area contributed by atoms with Crippen molar-refractivity contribution in [2.45, 2.75) is 89.2 Å². The zero-order valence-corrected chi connectivity index (χ0v) is 25.4. The minimum Gasteiger partial charge on any atom is -0.456 e. The molecule has 1 radical (unpaired) electrons. The van der Waals surface area contributed by atoms with Crippen LogP contribution in [0.4, 0.5) is 0 Å². The first-order valence-electron chi connectivity index (χ1n) is 12.7. The van der Waals surface area contributed by atoms with Crippen molar-refractivity contribution in [2.24, 2.45) is 0 Å². The van der Waals surface area contributed by atoms with Crippen LogP contribution in [0.1, 0.15) is 20.8 Å². The molecule has 0 spiro atoms. The second kappa shape index (κ2) is 11.2. The Morgan fingerprint density at radius 3 is 2.43 bits per heavy atom. The van der Waals surface area contributed by atoms with E-state index >= 15 is 0 Å². The number of fused-ring (bicyclic) bond motifs is 2. The van der Waals surface area contributed by atoms with E-state index in [1.54, 1.807) is 10.6 Å². The largest absolute Gasteiger partial charge is 0.509 e. The smallest absolute Gasteiger partial charge is 0.456 e. The highest BCUT2D eigenvalue weighted by molar-refractivity contribution is 6.74. The monoisotopic (exact) mass is 570 g/mol. The van der Waals surface area contributed by atoms with E-state index in [0.717, 1.165) is 6.04 Å². The summed E-state index contributed by atoms with van der Waals surface area (Å²) in [5.41, 5.74) is 0.803. The van der Waals surface area contributed by atoms with Crippen molar-refractivity contribution in [3.05, 3.63) is 11.1 Å². The van der Waals surface area contributed by atoms with Crippen LogP contribution in [0.5, 0.6) is 6.01 Å². The summed E-state index contributed by atoms with van der Waals surface area (Å²) < 4.78 is 32.8. The number of nitrogens with zero attached hydrogens (tertiary/aromatic N) is 3. The van der Waals surface area contributed by atoms with E-state index < -0.39 is 30.3 Å². The van der Waals surface area contributed by atoms with Crippen molar-refractivity contribution in [3.63, 3.8) is 0 Å². The highest BCUT2D eigenvalue weighted by atomic mass is 35.5. The fraction of sp³-hybridized carbons (Fsp3) is 0.739. The van der Waals surface area contributed by atoms with Gasteiger partial charge in [0.2, 0.25) is 0 Å². The van der Waals surface area contributed by atoms with E-state index in [-0.39, 0.29) is 46.7 Å². The molecule has 205 valence electrons. The first kappa shape index (κ1) is 29.0. The lowest BCUT2D eigenvalue weighted by atomic mass is 9.85. The third-order valence-corrected chi connectivity index (χ3v) is 13.4.